The van der Waals surface area contributed by atoms with Gasteiger partial charge in [-0.05, 0) is 31.0 Å². The van der Waals surface area contributed by atoms with Gasteiger partial charge in [0.1, 0.15) is 0 Å². The molecule has 0 heterocycles. The Morgan fingerprint density at radius 3 is 2.14 bits per heavy atom. The number of nitrogens with two attached hydrogens (primary N) is 1. The van der Waals surface area contributed by atoms with Gasteiger partial charge in [-0.2, -0.15) is 0 Å². The molecule has 0 saturated heterocycles. The summed E-state index contributed by atoms with van der Waals surface area (Å²) in [6.45, 7) is 4.42. The minimum atomic E-state index is -0.381. The summed E-state index contributed by atoms with van der Waals surface area (Å²) in [6.07, 6.45) is 1.59. The molecule has 1 rings (SSSR count). The predicted octanol–water partition coefficient (Wildman–Crippen LogP) is 1.72. The Kier molecular flexibility index (Phi) is 7.99. The zero-order chi connectivity index (χ0) is 15.2. The van der Waals surface area contributed by atoms with Crippen molar-refractivity contribution in [2.75, 3.05) is 13.6 Å². The molecular formula is C15H24ClN3O2. The second kappa shape index (κ2) is 8.64. The number of hydrogen-bond acceptors (Lipinski definition) is 3. The SMILES string of the molecule is CCC(N)(CC)CNC(=O)c1cccc(C(=O)NC)c1.Cl. The van der Waals surface area contributed by atoms with Crippen LogP contribution in [0.4, 0.5) is 0 Å². The molecular weight excluding hydrogens is 290 g/mol. The summed E-state index contributed by atoms with van der Waals surface area (Å²) in [5.41, 5.74) is 6.68. The smallest absolute Gasteiger partial charge is 0.251 e. The number of nitrogens with one attached hydrogen (secondary N) is 2. The fourth-order valence-electron chi connectivity index (χ4n) is 1.80. The van der Waals surface area contributed by atoms with Crippen LogP contribution >= 0.6 is 12.4 Å². The van der Waals surface area contributed by atoms with Gasteiger partial charge in [0.25, 0.3) is 11.8 Å². The zero-order valence-electron chi connectivity index (χ0n) is 12.7. The van der Waals surface area contributed by atoms with Gasteiger partial charge in [0.2, 0.25) is 0 Å². The number of halogens is 1. The molecule has 6 heteroatoms. The van der Waals surface area contributed by atoms with Crippen LogP contribution in [0.5, 0.6) is 0 Å². The van der Waals surface area contributed by atoms with Crippen molar-refractivity contribution in [2.45, 2.75) is 32.2 Å². The lowest BCUT2D eigenvalue weighted by molar-refractivity contribution is 0.0942. The summed E-state index contributed by atoms with van der Waals surface area (Å²) in [6, 6.07) is 6.61. The standard InChI is InChI=1S/C15H23N3O2.ClH/c1-4-15(16,5-2)10-18-14(20)12-8-6-7-11(9-12)13(19)17-3;/h6-9H,4-5,10,16H2,1-3H3,(H,17,19)(H,18,20);1H. The van der Waals surface area contributed by atoms with Gasteiger partial charge < -0.3 is 16.4 Å². The van der Waals surface area contributed by atoms with Crippen molar-refractivity contribution >= 4 is 24.2 Å². The van der Waals surface area contributed by atoms with Crippen molar-refractivity contribution in [1.29, 1.82) is 0 Å². The van der Waals surface area contributed by atoms with E-state index in [1.54, 1.807) is 31.3 Å². The third-order valence-corrected chi connectivity index (χ3v) is 3.62. The van der Waals surface area contributed by atoms with E-state index in [0.29, 0.717) is 17.7 Å². The van der Waals surface area contributed by atoms with E-state index in [-0.39, 0.29) is 29.8 Å². The van der Waals surface area contributed by atoms with Gasteiger partial charge in [0, 0.05) is 30.3 Å². The molecule has 0 unspecified atom stereocenters. The lowest BCUT2D eigenvalue weighted by Crippen LogP contribution is -2.49. The largest absolute Gasteiger partial charge is 0.355 e. The van der Waals surface area contributed by atoms with Crippen LogP contribution in [0, 0.1) is 0 Å². The summed E-state index contributed by atoms with van der Waals surface area (Å²) in [5, 5.41) is 5.36. The molecule has 21 heavy (non-hydrogen) atoms. The van der Waals surface area contributed by atoms with Crippen LogP contribution in [0.3, 0.4) is 0 Å². The van der Waals surface area contributed by atoms with Gasteiger partial charge in [-0.25, -0.2) is 0 Å². The van der Waals surface area contributed by atoms with E-state index >= 15 is 0 Å². The molecule has 0 bridgehead atoms. The molecule has 1 aromatic carbocycles. The molecule has 0 radical (unpaired) electrons. The maximum absolute atomic E-state index is 12.1. The van der Waals surface area contributed by atoms with Gasteiger partial charge in [0.15, 0.2) is 0 Å². The van der Waals surface area contributed by atoms with Crippen molar-refractivity contribution in [3.63, 3.8) is 0 Å². The first-order chi connectivity index (χ1) is 9.45. The average Bonchev–Trinajstić information content (AvgIpc) is 2.51. The molecule has 0 aliphatic carbocycles. The molecule has 0 aromatic heterocycles. The Hall–Kier alpha value is -1.59. The Bertz CT molecular complexity index is 488. The lowest BCUT2D eigenvalue weighted by Gasteiger charge is -2.26. The number of carbonyl (C=O) groups is 2. The molecule has 0 aliphatic rings. The average molecular weight is 314 g/mol. The highest BCUT2D eigenvalue weighted by Gasteiger charge is 2.21. The summed E-state index contributed by atoms with van der Waals surface area (Å²) < 4.78 is 0. The third-order valence-electron chi connectivity index (χ3n) is 3.62. The van der Waals surface area contributed by atoms with Gasteiger partial charge in [-0.1, -0.05) is 19.9 Å². The number of benzene rings is 1. The van der Waals surface area contributed by atoms with E-state index in [0.717, 1.165) is 12.8 Å². The van der Waals surface area contributed by atoms with E-state index in [4.69, 9.17) is 5.73 Å². The highest BCUT2D eigenvalue weighted by molar-refractivity contribution is 5.99. The number of rotatable bonds is 6. The quantitative estimate of drug-likeness (QED) is 0.747. The van der Waals surface area contributed by atoms with Gasteiger partial charge >= 0.3 is 0 Å². The van der Waals surface area contributed by atoms with Crippen LogP contribution < -0.4 is 16.4 Å². The van der Waals surface area contributed by atoms with E-state index in [1.165, 1.54) is 0 Å². The van der Waals surface area contributed by atoms with E-state index in [2.05, 4.69) is 10.6 Å². The Morgan fingerprint density at radius 1 is 1.14 bits per heavy atom. The van der Waals surface area contributed by atoms with Crippen LogP contribution in [0.2, 0.25) is 0 Å². The highest BCUT2D eigenvalue weighted by Crippen LogP contribution is 2.10. The highest BCUT2D eigenvalue weighted by atomic mass is 35.5. The molecule has 5 nitrogen and oxygen atoms in total. The third kappa shape index (κ3) is 5.36. The number of carbonyl (C=O) groups excluding carboxylic acids is 2. The van der Waals surface area contributed by atoms with Crippen molar-refractivity contribution in [1.82, 2.24) is 10.6 Å². The van der Waals surface area contributed by atoms with E-state index < -0.39 is 0 Å². The summed E-state index contributed by atoms with van der Waals surface area (Å²) in [4.78, 5) is 23.6. The normalized spacial score (nSPS) is 10.5. The summed E-state index contributed by atoms with van der Waals surface area (Å²) >= 11 is 0. The second-order valence-electron chi connectivity index (χ2n) is 4.91. The van der Waals surface area contributed by atoms with Crippen LogP contribution in [0.15, 0.2) is 24.3 Å². The maximum atomic E-state index is 12.1. The molecule has 0 atom stereocenters. The number of hydrogen-bond donors (Lipinski definition) is 3. The Balaban J connectivity index is 0.00000400. The Morgan fingerprint density at radius 2 is 1.67 bits per heavy atom. The van der Waals surface area contributed by atoms with E-state index in [1.807, 2.05) is 13.8 Å². The molecule has 118 valence electrons. The minimum absolute atomic E-state index is 0. The van der Waals surface area contributed by atoms with Crippen LogP contribution in [-0.4, -0.2) is 30.9 Å². The van der Waals surface area contributed by atoms with Gasteiger partial charge in [-0.15, -0.1) is 12.4 Å². The van der Waals surface area contributed by atoms with E-state index in [9.17, 15) is 9.59 Å². The second-order valence-corrected chi connectivity index (χ2v) is 4.91. The van der Waals surface area contributed by atoms with Crippen molar-refractivity contribution < 1.29 is 9.59 Å². The van der Waals surface area contributed by atoms with Gasteiger partial charge in [-0.3, -0.25) is 9.59 Å². The lowest BCUT2D eigenvalue weighted by atomic mass is 9.94. The molecule has 1 aromatic rings. The molecule has 0 aliphatic heterocycles. The molecule has 0 spiro atoms. The molecule has 0 saturated carbocycles. The molecule has 0 fully saturated rings. The summed E-state index contributed by atoms with van der Waals surface area (Å²) in [7, 11) is 1.56. The maximum Gasteiger partial charge on any atom is 0.251 e. The van der Waals surface area contributed by atoms with Gasteiger partial charge in [0.05, 0.1) is 0 Å². The monoisotopic (exact) mass is 313 g/mol. The first kappa shape index (κ1) is 19.4. The topological polar surface area (TPSA) is 84.2 Å². The Labute approximate surface area is 132 Å². The predicted molar refractivity (Wildman–Crippen MR) is 86.9 cm³/mol. The fraction of sp³-hybridized carbons (Fsp3) is 0.467. The summed E-state index contributed by atoms with van der Waals surface area (Å²) in [5.74, 6) is -0.428. The van der Waals surface area contributed by atoms with Crippen molar-refractivity contribution in [2.24, 2.45) is 5.73 Å². The molecule has 4 N–H and O–H groups in total. The zero-order valence-corrected chi connectivity index (χ0v) is 13.5. The van der Waals surface area contributed by atoms with Crippen LogP contribution in [0.25, 0.3) is 0 Å². The van der Waals surface area contributed by atoms with Crippen molar-refractivity contribution in [3.05, 3.63) is 35.4 Å². The van der Waals surface area contributed by atoms with Crippen molar-refractivity contribution in [3.8, 4) is 0 Å². The van der Waals surface area contributed by atoms with Crippen LogP contribution in [0.1, 0.15) is 47.4 Å². The first-order valence-corrected chi connectivity index (χ1v) is 6.85. The fourth-order valence-corrected chi connectivity index (χ4v) is 1.80. The van der Waals surface area contributed by atoms with Crippen LogP contribution in [-0.2, 0) is 0 Å². The minimum Gasteiger partial charge on any atom is -0.355 e. The first-order valence-electron chi connectivity index (χ1n) is 6.85. The molecule has 2 amide bonds. The number of amides is 2.